The van der Waals surface area contributed by atoms with Crippen molar-refractivity contribution in [2.75, 3.05) is 0 Å². The topological polar surface area (TPSA) is 123 Å². The minimum atomic E-state index is -5.08. The minimum absolute atomic E-state index is 0.144. The zero-order chi connectivity index (χ0) is 27.3. The van der Waals surface area contributed by atoms with Gasteiger partial charge in [0.1, 0.15) is 5.82 Å². The van der Waals surface area contributed by atoms with Gasteiger partial charge in [-0.15, -0.1) is 10.2 Å². The van der Waals surface area contributed by atoms with Crippen LogP contribution < -0.4 is 5.32 Å². The molecule has 2 N–H and O–H groups in total. The van der Waals surface area contributed by atoms with E-state index in [-0.39, 0.29) is 5.91 Å². The molecule has 0 spiro atoms. The quantitative estimate of drug-likeness (QED) is 0.353. The second kappa shape index (κ2) is 11.0. The Labute approximate surface area is 214 Å². The van der Waals surface area contributed by atoms with Crippen molar-refractivity contribution in [1.82, 2.24) is 30.0 Å². The normalized spacial score (nSPS) is 11.2. The van der Waals surface area contributed by atoms with Crippen LogP contribution >= 0.6 is 0 Å². The van der Waals surface area contributed by atoms with E-state index in [1.165, 1.54) is 5.56 Å². The number of hydrogen-bond acceptors (Lipinski definition) is 6. The summed E-state index contributed by atoms with van der Waals surface area (Å²) in [5, 5.41) is 19.5. The number of rotatable bonds is 5. The summed E-state index contributed by atoms with van der Waals surface area (Å²) in [4.78, 5) is 30.3. The van der Waals surface area contributed by atoms with Gasteiger partial charge in [0.25, 0.3) is 5.91 Å². The third-order valence-electron chi connectivity index (χ3n) is 5.53. The fraction of sp³-hybridized carbons (Fsp3) is 0.154. The van der Waals surface area contributed by atoms with Crippen LogP contribution in [0.5, 0.6) is 0 Å². The SMILES string of the molecule is Cc1nc2nnc3ccc(C(=O)NCc4ccncc4)cc3c2n1Cc1ccccc1.O=C(O)C(F)(F)F. The largest absolute Gasteiger partial charge is 0.490 e. The number of alkyl halides is 3. The fourth-order valence-corrected chi connectivity index (χ4v) is 3.68. The molecule has 3 heterocycles. The van der Waals surface area contributed by atoms with Gasteiger partial charge in [0.15, 0.2) is 0 Å². The van der Waals surface area contributed by atoms with Crippen LogP contribution in [0.15, 0.2) is 73.1 Å². The van der Waals surface area contributed by atoms with E-state index >= 15 is 0 Å². The van der Waals surface area contributed by atoms with Gasteiger partial charge in [0, 0.05) is 36.4 Å². The van der Waals surface area contributed by atoms with Crippen molar-refractivity contribution >= 4 is 33.9 Å². The number of nitrogens with one attached hydrogen (secondary N) is 1. The summed E-state index contributed by atoms with van der Waals surface area (Å²) in [6, 6.07) is 19.4. The molecule has 2 aromatic carbocycles. The molecule has 9 nitrogen and oxygen atoms in total. The van der Waals surface area contributed by atoms with Gasteiger partial charge in [0.05, 0.1) is 11.0 Å². The Morgan fingerprint density at radius 1 is 0.974 bits per heavy atom. The number of halogens is 3. The molecule has 0 radical (unpaired) electrons. The maximum absolute atomic E-state index is 12.8. The van der Waals surface area contributed by atoms with Crippen molar-refractivity contribution in [3.8, 4) is 0 Å². The predicted octanol–water partition coefficient (Wildman–Crippen LogP) is 4.29. The zero-order valence-electron chi connectivity index (χ0n) is 20.0. The molecular formula is C26H21F3N6O3. The van der Waals surface area contributed by atoms with E-state index < -0.39 is 12.1 Å². The van der Waals surface area contributed by atoms with Crippen molar-refractivity contribution in [3.63, 3.8) is 0 Å². The van der Waals surface area contributed by atoms with Crippen molar-refractivity contribution < 1.29 is 27.9 Å². The maximum atomic E-state index is 12.8. The molecule has 3 aromatic heterocycles. The van der Waals surface area contributed by atoms with Crippen molar-refractivity contribution in [2.24, 2.45) is 0 Å². The highest BCUT2D eigenvalue weighted by Gasteiger charge is 2.38. The Morgan fingerprint density at radius 2 is 1.66 bits per heavy atom. The lowest BCUT2D eigenvalue weighted by Gasteiger charge is -2.10. The highest BCUT2D eigenvalue weighted by atomic mass is 19.4. The molecule has 38 heavy (non-hydrogen) atoms. The molecule has 0 aliphatic heterocycles. The van der Waals surface area contributed by atoms with Crippen LogP contribution in [0.1, 0.15) is 27.3 Å². The van der Waals surface area contributed by atoms with Crippen molar-refractivity contribution in [1.29, 1.82) is 0 Å². The lowest BCUT2D eigenvalue weighted by Crippen LogP contribution is -2.22. The van der Waals surface area contributed by atoms with Crippen molar-refractivity contribution in [3.05, 3.63) is 95.6 Å². The number of amides is 1. The molecule has 0 atom stereocenters. The average Bonchev–Trinajstić information content (AvgIpc) is 3.23. The molecule has 0 bridgehead atoms. The predicted molar refractivity (Wildman–Crippen MR) is 132 cm³/mol. The number of carbonyl (C=O) groups excluding carboxylic acids is 1. The fourth-order valence-electron chi connectivity index (χ4n) is 3.68. The smallest absolute Gasteiger partial charge is 0.475 e. The number of carboxylic acid groups (broad SMARTS) is 1. The first-order valence-corrected chi connectivity index (χ1v) is 11.3. The van der Waals surface area contributed by atoms with E-state index in [4.69, 9.17) is 9.90 Å². The highest BCUT2D eigenvalue weighted by molar-refractivity contribution is 6.05. The number of nitrogens with zero attached hydrogens (tertiary/aromatic N) is 5. The monoisotopic (exact) mass is 522 g/mol. The van der Waals surface area contributed by atoms with Gasteiger partial charge in [-0.1, -0.05) is 30.3 Å². The lowest BCUT2D eigenvalue weighted by molar-refractivity contribution is -0.192. The molecule has 0 fully saturated rings. The summed E-state index contributed by atoms with van der Waals surface area (Å²) >= 11 is 0. The van der Waals surface area contributed by atoms with Gasteiger partial charge >= 0.3 is 12.1 Å². The Hall–Kier alpha value is -4.87. The summed E-state index contributed by atoms with van der Waals surface area (Å²) in [5.41, 5.74) is 4.92. The molecule has 0 unspecified atom stereocenters. The van der Waals surface area contributed by atoms with Gasteiger partial charge in [-0.2, -0.15) is 13.2 Å². The van der Waals surface area contributed by atoms with Crippen LogP contribution in [-0.2, 0) is 17.9 Å². The Kier molecular flexibility index (Phi) is 7.61. The van der Waals surface area contributed by atoms with Crippen LogP contribution in [0, 0.1) is 6.92 Å². The summed E-state index contributed by atoms with van der Waals surface area (Å²) in [6.45, 7) is 3.07. The number of aliphatic carboxylic acids is 1. The van der Waals surface area contributed by atoms with E-state index in [1.54, 1.807) is 18.5 Å². The molecule has 5 rings (SSSR count). The molecule has 12 heteroatoms. The highest BCUT2D eigenvalue weighted by Crippen LogP contribution is 2.25. The number of fused-ring (bicyclic) bond motifs is 3. The van der Waals surface area contributed by atoms with E-state index in [0.29, 0.717) is 24.3 Å². The van der Waals surface area contributed by atoms with Crippen LogP contribution in [-0.4, -0.2) is 47.9 Å². The summed E-state index contributed by atoms with van der Waals surface area (Å²) < 4.78 is 33.9. The Morgan fingerprint density at radius 3 is 2.32 bits per heavy atom. The van der Waals surface area contributed by atoms with Crippen LogP contribution in [0.3, 0.4) is 0 Å². The first-order valence-electron chi connectivity index (χ1n) is 11.3. The number of hydrogen-bond donors (Lipinski definition) is 2. The van der Waals surface area contributed by atoms with Crippen LogP contribution in [0.25, 0.3) is 22.1 Å². The number of carbonyl (C=O) groups is 2. The molecule has 0 aliphatic rings. The molecule has 5 aromatic rings. The third-order valence-corrected chi connectivity index (χ3v) is 5.53. The summed E-state index contributed by atoms with van der Waals surface area (Å²) in [7, 11) is 0. The summed E-state index contributed by atoms with van der Waals surface area (Å²) in [5.74, 6) is -2.05. The first-order chi connectivity index (χ1) is 18.1. The number of carboxylic acids is 1. The first kappa shape index (κ1) is 26.2. The van der Waals surface area contributed by atoms with Gasteiger partial charge < -0.3 is 15.0 Å². The van der Waals surface area contributed by atoms with Crippen molar-refractivity contribution in [2.45, 2.75) is 26.2 Å². The second-order valence-corrected chi connectivity index (χ2v) is 8.18. The van der Waals surface area contributed by atoms with E-state index in [9.17, 15) is 18.0 Å². The van der Waals surface area contributed by atoms with E-state index in [0.717, 1.165) is 27.8 Å². The van der Waals surface area contributed by atoms with Gasteiger partial charge in [0.2, 0.25) is 5.65 Å². The van der Waals surface area contributed by atoms with Gasteiger partial charge in [-0.3, -0.25) is 9.78 Å². The molecule has 1 amide bonds. The number of benzene rings is 2. The van der Waals surface area contributed by atoms with Crippen LogP contribution in [0.4, 0.5) is 13.2 Å². The van der Waals surface area contributed by atoms with Gasteiger partial charge in [-0.25, -0.2) is 9.78 Å². The Bertz CT molecular complexity index is 1590. The van der Waals surface area contributed by atoms with E-state index in [2.05, 4.69) is 42.2 Å². The standard InChI is InChI=1S/C24H20N6O.C2HF3O2/c1-16-27-23-22(30(16)15-18-5-3-2-4-6-18)20-13-19(7-8-21(20)28-29-23)24(31)26-14-17-9-11-25-12-10-17;3-2(4,5)1(6)7/h2-13H,14-15H2,1H3,(H,26,31);(H,6,7). The second-order valence-electron chi connectivity index (χ2n) is 8.18. The average molecular weight is 522 g/mol. The molecule has 0 aliphatic carbocycles. The van der Waals surface area contributed by atoms with E-state index in [1.807, 2.05) is 49.4 Å². The number of imidazole rings is 1. The molecule has 0 saturated heterocycles. The molecule has 194 valence electrons. The number of aryl methyl sites for hydroxylation is 1. The summed E-state index contributed by atoms with van der Waals surface area (Å²) in [6.07, 6.45) is -1.66. The Balaban J connectivity index is 0.000000426. The zero-order valence-corrected chi connectivity index (χ0v) is 20.0. The van der Waals surface area contributed by atoms with Crippen LogP contribution in [0.2, 0.25) is 0 Å². The number of pyridine rings is 1. The number of aromatic nitrogens is 5. The minimum Gasteiger partial charge on any atom is -0.475 e. The molecule has 0 saturated carbocycles. The lowest BCUT2D eigenvalue weighted by atomic mass is 10.1. The molecular weight excluding hydrogens is 501 g/mol. The van der Waals surface area contributed by atoms with Gasteiger partial charge in [-0.05, 0) is 48.4 Å². The third kappa shape index (κ3) is 6.09. The maximum Gasteiger partial charge on any atom is 0.490 e.